The molecule has 19 heavy (non-hydrogen) atoms. The molecule has 1 amide bonds. The van der Waals surface area contributed by atoms with Crippen molar-refractivity contribution < 1.29 is 19.1 Å². The lowest BCUT2D eigenvalue weighted by atomic mass is 10.4. The summed E-state index contributed by atoms with van der Waals surface area (Å²) in [6.45, 7) is 5.54. The third-order valence-electron chi connectivity index (χ3n) is 2.74. The molecule has 2 heterocycles. The van der Waals surface area contributed by atoms with Crippen LogP contribution in [0.3, 0.4) is 0 Å². The molecular weight excluding hydrogens is 268 g/mol. The predicted octanol–water partition coefficient (Wildman–Crippen LogP) is 1.62. The molecule has 0 radical (unpaired) electrons. The first kappa shape index (κ1) is 13.8. The van der Waals surface area contributed by atoms with Gasteiger partial charge in [0, 0.05) is 13.0 Å². The van der Waals surface area contributed by atoms with Gasteiger partial charge in [-0.2, -0.15) is 0 Å². The van der Waals surface area contributed by atoms with Crippen LogP contribution in [0.15, 0.2) is 0 Å². The van der Waals surface area contributed by atoms with Crippen molar-refractivity contribution in [3.05, 3.63) is 15.6 Å². The maximum atomic E-state index is 11.7. The maximum absolute atomic E-state index is 11.7. The van der Waals surface area contributed by atoms with Crippen LogP contribution in [0.2, 0.25) is 0 Å². The van der Waals surface area contributed by atoms with Crippen molar-refractivity contribution in [1.82, 2.24) is 9.88 Å². The van der Waals surface area contributed by atoms with Crippen LogP contribution in [0, 0.1) is 6.92 Å². The summed E-state index contributed by atoms with van der Waals surface area (Å²) >= 11 is 1.33. The largest absolute Gasteiger partial charge is 0.462 e. The summed E-state index contributed by atoms with van der Waals surface area (Å²) in [6, 6.07) is 0. The van der Waals surface area contributed by atoms with Gasteiger partial charge in [0.05, 0.1) is 23.9 Å². The van der Waals surface area contributed by atoms with Crippen LogP contribution >= 0.6 is 11.3 Å². The average Bonchev–Trinajstić information content (AvgIpc) is 2.93. The van der Waals surface area contributed by atoms with E-state index >= 15 is 0 Å². The highest BCUT2D eigenvalue weighted by Crippen LogP contribution is 2.20. The van der Waals surface area contributed by atoms with Crippen LogP contribution in [0.25, 0.3) is 0 Å². The monoisotopic (exact) mass is 284 g/mol. The van der Waals surface area contributed by atoms with E-state index < -0.39 is 0 Å². The standard InChI is InChI=1S/C12H16N2O4S/c1-3-17-11(15)10-8(2)13-9(19-10)4-5-14-6-7-18-12(14)16/h3-7H2,1-2H3. The molecule has 1 aromatic heterocycles. The number of hydrogen-bond acceptors (Lipinski definition) is 6. The lowest BCUT2D eigenvalue weighted by molar-refractivity contribution is 0.0531. The van der Waals surface area contributed by atoms with Gasteiger partial charge in [0.15, 0.2) is 0 Å². The van der Waals surface area contributed by atoms with Crippen molar-refractivity contribution in [3.8, 4) is 0 Å². The molecule has 2 rings (SSSR count). The van der Waals surface area contributed by atoms with Gasteiger partial charge < -0.3 is 14.4 Å². The summed E-state index contributed by atoms with van der Waals surface area (Å²) < 4.78 is 9.81. The normalized spacial score (nSPS) is 14.6. The molecule has 0 aromatic carbocycles. The number of nitrogens with zero attached hydrogens (tertiary/aromatic N) is 2. The van der Waals surface area contributed by atoms with E-state index in [-0.39, 0.29) is 12.1 Å². The lowest BCUT2D eigenvalue weighted by Gasteiger charge is -2.10. The fourth-order valence-corrected chi connectivity index (χ4v) is 2.75. The molecule has 1 aromatic rings. The molecule has 0 bridgehead atoms. The first-order valence-corrected chi connectivity index (χ1v) is 6.98. The van der Waals surface area contributed by atoms with Crippen molar-refractivity contribution >= 4 is 23.4 Å². The van der Waals surface area contributed by atoms with Gasteiger partial charge in [0.25, 0.3) is 0 Å². The molecule has 0 saturated carbocycles. The molecule has 1 saturated heterocycles. The number of esters is 1. The van der Waals surface area contributed by atoms with E-state index in [1.807, 2.05) is 0 Å². The third kappa shape index (κ3) is 3.23. The second-order valence-corrected chi connectivity index (χ2v) is 5.18. The molecule has 1 aliphatic rings. The van der Waals surface area contributed by atoms with Gasteiger partial charge in [0.1, 0.15) is 11.5 Å². The van der Waals surface area contributed by atoms with E-state index in [9.17, 15) is 9.59 Å². The first-order valence-electron chi connectivity index (χ1n) is 6.17. The number of cyclic esters (lactones) is 1. The number of carbonyl (C=O) groups excluding carboxylic acids is 2. The highest BCUT2D eigenvalue weighted by Gasteiger charge is 2.22. The van der Waals surface area contributed by atoms with E-state index in [4.69, 9.17) is 9.47 Å². The molecule has 0 unspecified atom stereocenters. The number of hydrogen-bond donors (Lipinski definition) is 0. The number of carbonyl (C=O) groups is 2. The zero-order valence-electron chi connectivity index (χ0n) is 11.0. The van der Waals surface area contributed by atoms with E-state index in [1.165, 1.54) is 11.3 Å². The zero-order chi connectivity index (χ0) is 13.8. The van der Waals surface area contributed by atoms with E-state index in [1.54, 1.807) is 18.7 Å². The number of aryl methyl sites for hydroxylation is 1. The van der Waals surface area contributed by atoms with Crippen molar-refractivity contribution in [2.24, 2.45) is 0 Å². The topological polar surface area (TPSA) is 68.7 Å². The summed E-state index contributed by atoms with van der Waals surface area (Å²) in [4.78, 5) is 29.4. The second-order valence-electron chi connectivity index (χ2n) is 4.09. The van der Waals surface area contributed by atoms with Crippen molar-refractivity contribution in [3.63, 3.8) is 0 Å². The van der Waals surface area contributed by atoms with Crippen LogP contribution in [-0.4, -0.2) is 48.2 Å². The van der Waals surface area contributed by atoms with Crippen LogP contribution in [-0.2, 0) is 15.9 Å². The minimum absolute atomic E-state index is 0.279. The Bertz CT molecular complexity index is 486. The molecular formula is C12H16N2O4S. The Morgan fingerprint density at radius 3 is 3.00 bits per heavy atom. The molecule has 1 fully saturated rings. The van der Waals surface area contributed by atoms with Crippen LogP contribution in [0.4, 0.5) is 4.79 Å². The van der Waals surface area contributed by atoms with E-state index in [2.05, 4.69) is 4.98 Å². The van der Waals surface area contributed by atoms with Crippen molar-refractivity contribution in [2.75, 3.05) is 26.3 Å². The predicted molar refractivity (Wildman–Crippen MR) is 69.4 cm³/mol. The molecule has 6 nitrogen and oxygen atoms in total. The smallest absolute Gasteiger partial charge is 0.409 e. The van der Waals surface area contributed by atoms with Crippen molar-refractivity contribution in [1.29, 1.82) is 0 Å². The number of amides is 1. The average molecular weight is 284 g/mol. The summed E-state index contributed by atoms with van der Waals surface area (Å²) in [5.74, 6) is -0.329. The number of thiazole rings is 1. The summed E-state index contributed by atoms with van der Waals surface area (Å²) in [6.07, 6.45) is 0.346. The van der Waals surface area contributed by atoms with Crippen LogP contribution < -0.4 is 0 Å². The second kappa shape index (κ2) is 6.01. The van der Waals surface area contributed by atoms with Gasteiger partial charge in [-0.3, -0.25) is 0 Å². The zero-order valence-corrected chi connectivity index (χ0v) is 11.8. The Kier molecular flexibility index (Phi) is 4.36. The molecule has 0 spiro atoms. The van der Waals surface area contributed by atoms with Gasteiger partial charge in [-0.15, -0.1) is 11.3 Å². The number of aromatic nitrogens is 1. The minimum Gasteiger partial charge on any atom is -0.462 e. The molecule has 104 valence electrons. The molecule has 7 heteroatoms. The van der Waals surface area contributed by atoms with Crippen LogP contribution in [0.5, 0.6) is 0 Å². The Hall–Kier alpha value is -1.63. The molecule has 0 aliphatic carbocycles. The number of ether oxygens (including phenoxy) is 2. The summed E-state index contributed by atoms with van der Waals surface area (Å²) in [7, 11) is 0. The van der Waals surface area contributed by atoms with E-state index in [0.717, 1.165) is 5.01 Å². The van der Waals surface area contributed by atoms with Gasteiger partial charge in [0.2, 0.25) is 0 Å². The highest BCUT2D eigenvalue weighted by molar-refractivity contribution is 7.13. The summed E-state index contributed by atoms with van der Waals surface area (Å²) in [5, 5.41) is 0.834. The molecule has 1 aliphatic heterocycles. The first-order chi connectivity index (χ1) is 9.11. The van der Waals surface area contributed by atoms with Crippen molar-refractivity contribution in [2.45, 2.75) is 20.3 Å². The van der Waals surface area contributed by atoms with Gasteiger partial charge >= 0.3 is 12.1 Å². The van der Waals surface area contributed by atoms with Crippen LogP contribution in [0.1, 0.15) is 27.3 Å². The van der Waals surface area contributed by atoms with Gasteiger partial charge in [-0.1, -0.05) is 0 Å². The quantitative estimate of drug-likeness (QED) is 0.769. The maximum Gasteiger partial charge on any atom is 0.409 e. The summed E-state index contributed by atoms with van der Waals surface area (Å²) in [5.41, 5.74) is 0.683. The Labute approximate surface area is 115 Å². The Balaban J connectivity index is 1.96. The fourth-order valence-electron chi connectivity index (χ4n) is 1.80. The number of rotatable bonds is 5. The van der Waals surface area contributed by atoms with Gasteiger partial charge in [-0.05, 0) is 13.8 Å². The minimum atomic E-state index is -0.329. The van der Waals surface area contributed by atoms with Gasteiger partial charge in [-0.25, -0.2) is 14.6 Å². The molecule has 0 atom stereocenters. The lowest BCUT2D eigenvalue weighted by Crippen LogP contribution is -2.26. The van der Waals surface area contributed by atoms with E-state index in [0.29, 0.717) is 43.3 Å². The highest BCUT2D eigenvalue weighted by atomic mass is 32.1. The molecule has 0 N–H and O–H groups in total. The third-order valence-corrected chi connectivity index (χ3v) is 3.94. The fraction of sp³-hybridized carbons (Fsp3) is 0.583. The Morgan fingerprint density at radius 2 is 2.37 bits per heavy atom. The SMILES string of the molecule is CCOC(=O)c1sc(CCN2CCOC2=O)nc1C. The Morgan fingerprint density at radius 1 is 1.58 bits per heavy atom.